The molecule has 1 atom stereocenters. The van der Waals surface area contributed by atoms with E-state index in [1.807, 2.05) is 27.7 Å². The Kier molecular flexibility index (Phi) is 5.07. The summed E-state index contributed by atoms with van der Waals surface area (Å²) in [5.41, 5.74) is 3.94. The normalized spacial score (nSPS) is 12.0. The topological polar surface area (TPSA) is 92.4 Å². The van der Waals surface area contributed by atoms with Crippen molar-refractivity contribution in [3.8, 4) is 0 Å². The molecule has 6 nitrogen and oxygen atoms in total. The van der Waals surface area contributed by atoms with Crippen LogP contribution in [0.2, 0.25) is 0 Å². The highest BCUT2D eigenvalue weighted by Crippen LogP contribution is 2.27. The average Bonchev–Trinajstić information content (AvgIpc) is 2.80. The molecule has 0 saturated carbocycles. The van der Waals surface area contributed by atoms with Crippen LogP contribution in [0, 0.1) is 27.7 Å². The van der Waals surface area contributed by atoms with Crippen LogP contribution in [0.4, 0.5) is 5.69 Å². The lowest BCUT2D eigenvalue weighted by Gasteiger charge is -2.14. The van der Waals surface area contributed by atoms with Crippen LogP contribution in [0.5, 0.6) is 0 Å². The van der Waals surface area contributed by atoms with Gasteiger partial charge in [0.2, 0.25) is 5.91 Å². The second-order valence-electron chi connectivity index (χ2n) is 6.18. The standard InChI is InChI=1S/C18H22N2O4/c1-9-6-10(2)15(8-14(9)18(22)23)19-16(21)7-11(3)17-12(4)20-24-13(17)5/h6,8,11H,7H2,1-5H3,(H,19,21)(H,22,23). The van der Waals surface area contributed by atoms with Gasteiger partial charge in [0, 0.05) is 17.7 Å². The van der Waals surface area contributed by atoms with Gasteiger partial charge < -0.3 is 14.9 Å². The molecule has 2 aromatic rings. The van der Waals surface area contributed by atoms with E-state index in [1.54, 1.807) is 13.0 Å². The Balaban J connectivity index is 2.15. The summed E-state index contributed by atoms with van der Waals surface area (Å²) in [4.78, 5) is 23.6. The lowest BCUT2D eigenvalue weighted by molar-refractivity contribution is -0.116. The summed E-state index contributed by atoms with van der Waals surface area (Å²) in [6.45, 7) is 9.20. The summed E-state index contributed by atoms with van der Waals surface area (Å²) in [6, 6.07) is 3.27. The number of carbonyl (C=O) groups excluding carboxylic acids is 1. The monoisotopic (exact) mass is 330 g/mol. The molecule has 1 aromatic heterocycles. The predicted octanol–water partition coefficient (Wildman–Crippen LogP) is 3.74. The first-order valence-corrected chi connectivity index (χ1v) is 7.77. The van der Waals surface area contributed by atoms with Crippen molar-refractivity contribution in [3.05, 3.63) is 45.8 Å². The number of carboxylic acid groups (broad SMARTS) is 1. The molecule has 0 saturated heterocycles. The second kappa shape index (κ2) is 6.86. The van der Waals surface area contributed by atoms with Crippen LogP contribution in [0.1, 0.15) is 57.8 Å². The minimum atomic E-state index is -1.01. The van der Waals surface area contributed by atoms with Crippen LogP contribution in [-0.4, -0.2) is 22.1 Å². The van der Waals surface area contributed by atoms with E-state index in [4.69, 9.17) is 4.52 Å². The Morgan fingerprint density at radius 2 is 1.88 bits per heavy atom. The van der Waals surface area contributed by atoms with Gasteiger partial charge in [0.25, 0.3) is 0 Å². The number of aromatic carboxylic acids is 1. The van der Waals surface area contributed by atoms with Crippen molar-refractivity contribution in [3.63, 3.8) is 0 Å². The van der Waals surface area contributed by atoms with Crippen molar-refractivity contribution in [2.75, 3.05) is 5.32 Å². The second-order valence-corrected chi connectivity index (χ2v) is 6.18. The quantitative estimate of drug-likeness (QED) is 0.871. The molecule has 0 aliphatic carbocycles. The number of carboxylic acids is 1. The van der Waals surface area contributed by atoms with Crippen molar-refractivity contribution in [1.82, 2.24) is 5.16 Å². The van der Waals surface area contributed by atoms with Gasteiger partial charge in [-0.2, -0.15) is 0 Å². The highest BCUT2D eigenvalue weighted by atomic mass is 16.5. The Morgan fingerprint density at radius 3 is 2.42 bits per heavy atom. The zero-order chi connectivity index (χ0) is 18.0. The molecule has 6 heteroatoms. The third-order valence-electron chi connectivity index (χ3n) is 4.15. The van der Waals surface area contributed by atoms with E-state index < -0.39 is 5.97 Å². The number of nitrogens with zero attached hydrogens (tertiary/aromatic N) is 1. The molecule has 0 spiro atoms. The first-order chi connectivity index (χ1) is 11.2. The van der Waals surface area contributed by atoms with Crippen LogP contribution < -0.4 is 5.32 Å². The van der Waals surface area contributed by atoms with Gasteiger partial charge in [0.1, 0.15) is 5.76 Å². The highest BCUT2D eigenvalue weighted by Gasteiger charge is 2.20. The fraction of sp³-hybridized carbons (Fsp3) is 0.389. The zero-order valence-electron chi connectivity index (χ0n) is 14.6. The smallest absolute Gasteiger partial charge is 0.336 e. The predicted molar refractivity (Wildman–Crippen MR) is 90.5 cm³/mol. The third-order valence-corrected chi connectivity index (χ3v) is 4.15. The maximum atomic E-state index is 12.3. The van der Waals surface area contributed by atoms with Gasteiger partial charge in [0.05, 0.1) is 11.3 Å². The minimum Gasteiger partial charge on any atom is -0.478 e. The van der Waals surface area contributed by atoms with Crippen LogP contribution in [0.15, 0.2) is 16.7 Å². The zero-order valence-corrected chi connectivity index (χ0v) is 14.6. The van der Waals surface area contributed by atoms with Crippen LogP contribution in [0.25, 0.3) is 0 Å². The number of nitrogens with one attached hydrogen (secondary N) is 1. The van der Waals surface area contributed by atoms with Gasteiger partial charge in [0.15, 0.2) is 0 Å². The molecule has 128 valence electrons. The summed E-state index contributed by atoms with van der Waals surface area (Å²) < 4.78 is 5.14. The van der Waals surface area contributed by atoms with Crippen molar-refractivity contribution < 1.29 is 19.2 Å². The molecule has 0 aliphatic heterocycles. The van der Waals surface area contributed by atoms with E-state index in [-0.39, 0.29) is 23.8 Å². The van der Waals surface area contributed by atoms with Gasteiger partial charge in [-0.05, 0) is 50.8 Å². The van der Waals surface area contributed by atoms with Crippen molar-refractivity contribution in [1.29, 1.82) is 0 Å². The molecular formula is C18H22N2O4. The summed E-state index contributed by atoms with van der Waals surface area (Å²) in [5, 5.41) is 15.9. The summed E-state index contributed by atoms with van der Waals surface area (Å²) >= 11 is 0. The number of anilines is 1. The van der Waals surface area contributed by atoms with E-state index in [1.165, 1.54) is 6.07 Å². The molecule has 0 fully saturated rings. The Hall–Kier alpha value is -2.63. The summed E-state index contributed by atoms with van der Waals surface area (Å²) in [6.07, 6.45) is 0.263. The van der Waals surface area contributed by atoms with Gasteiger partial charge >= 0.3 is 5.97 Å². The largest absolute Gasteiger partial charge is 0.478 e. The average molecular weight is 330 g/mol. The molecule has 0 aliphatic rings. The lowest BCUT2D eigenvalue weighted by atomic mass is 9.95. The number of aryl methyl sites for hydroxylation is 4. The molecule has 1 amide bonds. The number of carbonyl (C=O) groups is 2. The van der Waals surface area contributed by atoms with E-state index in [9.17, 15) is 14.7 Å². The number of aromatic nitrogens is 1. The van der Waals surface area contributed by atoms with Crippen LogP contribution in [-0.2, 0) is 4.79 Å². The van der Waals surface area contributed by atoms with E-state index in [0.29, 0.717) is 17.0 Å². The molecular weight excluding hydrogens is 308 g/mol. The third kappa shape index (κ3) is 3.64. The number of rotatable bonds is 5. The SMILES string of the molecule is Cc1cc(C)c(C(=O)O)cc1NC(=O)CC(C)c1c(C)noc1C. The molecule has 2 N–H and O–H groups in total. The maximum absolute atomic E-state index is 12.3. The fourth-order valence-corrected chi connectivity index (χ4v) is 2.99. The van der Waals surface area contributed by atoms with Gasteiger partial charge in [-0.3, -0.25) is 4.79 Å². The number of hydrogen-bond donors (Lipinski definition) is 2. The Morgan fingerprint density at radius 1 is 1.21 bits per heavy atom. The Bertz CT molecular complexity index is 773. The van der Waals surface area contributed by atoms with Gasteiger partial charge in [-0.15, -0.1) is 0 Å². The Labute approximate surface area is 140 Å². The molecule has 1 unspecified atom stereocenters. The first kappa shape index (κ1) is 17.7. The van der Waals surface area contributed by atoms with E-state index in [0.717, 1.165) is 16.8 Å². The van der Waals surface area contributed by atoms with Crippen molar-refractivity contribution >= 4 is 17.6 Å². The fourth-order valence-electron chi connectivity index (χ4n) is 2.99. The number of hydrogen-bond acceptors (Lipinski definition) is 4. The summed E-state index contributed by atoms with van der Waals surface area (Å²) in [7, 11) is 0. The van der Waals surface area contributed by atoms with Crippen LogP contribution >= 0.6 is 0 Å². The molecule has 24 heavy (non-hydrogen) atoms. The molecule has 1 aromatic carbocycles. The summed E-state index contributed by atoms with van der Waals surface area (Å²) in [5.74, 6) is -0.508. The highest BCUT2D eigenvalue weighted by molar-refractivity contribution is 5.95. The van der Waals surface area contributed by atoms with Gasteiger partial charge in [-0.25, -0.2) is 4.79 Å². The lowest BCUT2D eigenvalue weighted by Crippen LogP contribution is -2.16. The first-order valence-electron chi connectivity index (χ1n) is 7.77. The minimum absolute atomic E-state index is 0.0408. The number of amides is 1. The molecule has 2 rings (SSSR count). The maximum Gasteiger partial charge on any atom is 0.336 e. The molecule has 1 heterocycles. The van der Waals surface area contributed by atoms with Crippen molar-refractivity contribution in [2.45, 2.75) is 47.0 Å². The molecule has 0 radical (unpaired) electrons. The van der Waals surface area contributed by atoms with Crippen LogP contribution in [0.3, 0.4) is 0 Å². The van der Waals surface area contributed by atoms with E-state index >= 15 is 0 Å². The molecule has 0 bridgehead atoms. The van der Waals surface area contributed by atoms with E-state index in [2.05, 4.69) is 10.5 Å². The number of benzene rings is 1. The van der Waals surface area contributed by atoms with Crippen molar-refractivity contribution in [2.24, 2.45) is 0 Å². The van der Waals surface area contributed by atoms with Gasteiger partial charge in [-0.1, -0.05) is 18.1 Å².